The topological polar surface area (TPSA) is 87.4 Å². The zero-order valence-corrected chi connectivity index (χ0v) is 19.6. The maximum atomic E-state index is 13.7. The molecule has 194 valence electrons. The van der Waals surface area contributed by atoms with E-state index in [0.717, 1.165) is 29.7 Å². The van der Waals surface area contributed by atoms with Gasteiger partial charge in [0.1, 0.15) is 17.2 Å². The molecule has 0 aliphatic carbocycles. The van der Waals surface area contributed by atoms with Gasteiger partial charge in [-0.25, -0.2) is 8.78 Å². The lowest BCUT2D eigenvalue weighted by molar-refractivity contribution is -0.155. The molecule has 0 saturated carbocycles. The van der Waals surface area contributed by atoms with Gasteiger partial charge >= 0.3 is 6.18 Å². The number of alkyl halides is 3. The number of nitrogens with zero attached hydrogens (tertiary/aromatic N) is 1. The minimum absolute atomic E-state index is 0.0617. The Balaban J connectivity index is 1.78. The smallest absolute Gasteiger partial charge is 0.390 e. The van der Waals surface area contributed by atoms with Crippen molar-refractivity contribution in [3.63, 3.8) is 0 Å². The number of aryl methyl sites for hydroxylation is 2. The molecule has 3 N–H and O–H groups in total. The van der Waals surface area contributed by atoms with Gasteiger partial charge in [0.15, 0.2) is 0 Å². The zero-order chi connectivity index (χ0) is 26.5. The molecular weight excluding hydrogens is 485 g/mol. The molecule has 0 bridgehead atoms. The summed E-state index contributed by atoms with van der Waals surface area (Å²) in [7, 11) is 0. The molecule has 0 aliphatic rings. The monoisotopic (exact) mass is 511 g/mol. The molecule has 0 unspecified atom stereocenters. The third kappa shape index (κ3) is 7.11. The minimum atomic E-state index is -4.97. The summed E-state index contributed by atoms with van der Waals surface area (Å²) in [5, 5.41) is 19.4. The number of benzene rings is 2. The van der Waals surface area contributed by atoms with Crippen molar-refractivity contribution >= 4 is 5.91 Å². The maximum Gasteiger partial charge on any atom is 0.453 e. The molecule has 1 aromatic heterocycles. The average molecular weight is 511 g/mol. The Labute approximate surface area is 204 Å². The van der Waals surface area contributed by atoms with Crippen LogP contribution in [0, 0.1) is 18.6 Å². The molecule has 3 rings (SSSR count). The summed E-state index contributed by atoms with van der Waals surface area (Å²) in [6, 6.07) is 9.26. The van der Waals surface area contributed by atoms with Crippen LogP contribution in [0.4, 0.5) is 22.0 Å². The molecule has 3 aromatic rings. The van der Waals surface area contributed by atoms with Crippen molar-refractivity contribution in [2.45, 2.75) is 51.6 Å². The summed E-state index contributed by atoms with van der Waals surface area (Å²) < 4.78 is 71.5. The molecule has 0 fully saturated rings. The Morgan fingerprint density at radius 3 is 2.39 bits per heavy atom. The van der Waals surface area contributed by atoms with Gasteiger partial charge in [0.2, 0.25) is 0 Å². The second-order valence-corrected chi connectivity index (χ2v) is 8.40. The molecule has 2 aromatic carbocycles. The Hall–Kier alpha value is -3.31. The lowest BCUT2D eigenvalue weighted by Crippen LogP contribution is -2.49. The van der Waals surface area contributed by atoms with Crippen molar-refractivity contribution in [2.75, 3.05) is 6.54 Å². The summed E-state index contributed by atoms with van der Waals surface area (Å²) in [5.74, 6) is -4.49. The highest BCUT2D eigenvalue weighted by Gasteiger charge is 2.42. The Kier molecular flexibility index (Phi) is 8.80. The number of aromatic nitrogens is 1. The summed E-state index contributed by atoms with van der Waals surface area (Å²) in [5.41, 5.74) is 1.06. The minimum Gasteiger partial charge on any atom is -0.390 e. The molecule has 36 heavy (non-hydrogen) atoms. The van der Waals surface area contributed by atoms with Crippen LogP contribution in [0.25, 0.3) is 0 Å². The van der Waals surface area contributed by atoms with Gasteiger partial charge < -0.3 is 20.3 Å². The molecule has 6 nitrogen and oxygen atoms in total. The van der Waals surface area contributed by atoms with Crippen LogP contribution in [-0.4, -0.2) is 34.9 Å². The van der Waals surface area contributed by atoms with Crippen LogP contribution in [0.1, 0.15) is 45.4 Å². The van der Waals surface area contributed by atoms with Crippen LogP contribution in [0.5, 0.6) is 0 Å². The molecule has 0 saturated heterocycles. The standard InChI is InChI=1S/C25H26F5N3O3/c1-3-15-5-4-6-16(7-15)12-31-13-21(34)20(10-17-8-18(26)11-19(27)9-17)32-24(35)22-14(2)33-36-23(22)25(28,29)30/h4-9,11,20-21,31,34H,3,10,12-13H2,1-2H3,(H,32,35)/t20-,21+/m0/s1. The third-order valence-corrected chi connectivity index (χ3v) is 5.59. The first-order valence-electron chi connectivity index (χ1n) is 11.2. The zero-order valence-electron chi connectivity index (χ0n) is 19.6. The number of hydrogen-bond acceptors (Lipinski definition) is 5. The number of rotatable bonds is 10. The predicted octanol–water partition coefficient (Wildman–Crippen LogP) is 4.33. The van der Waals surface area contributed by atoms with Crippen molar-refractivity contribution in [3.8, 4) is 0 Å². The summed E-state index contributed by atoms with van der Waals surface area (Å²) in [6.45, 7) is 3.50. The SMILES string of the molecule is CCc1cccc(CNC[C@@H](O)[C@H](Cc2cc(F)cc(F)c2)NC(=O)c2c(C)noc2C(F)(F)F)c1. The van der Waals surface area contributed by atoms with Crippen molar-refractivity contribution in [1.82, 2.24) is 15.8 Å². The van der Waals surface area contributed by atoms with Gasteiger partial charge in [-0.05, 0) is 48.6 Å². The van der Waals surface area contributed by atoms with Crippen LogP contribution in [-0.2, 0) is 25.6 Å². The molecule has 1 heterocycles. The van der Waals surface area contributed by atoms with E-state index in [4.69, 9.17) is 0 Å². The third-order valence-electron chi connectivity index (χ3n) is 5.59. The van der Waals surface area contributed by atoms with Crippen LogP contribution < -0.4 is 10.6 Å². The second-order valence-electron chi connectivity index (χ2n) is 8.40. The van der Waals surface area contributed by atoms with Gasteiger partial charge in [-0.2, -0.15) is 13.2 Å². The van der Waals surface area contributed by atoms with E-state index < -0.39 is 47.2 Å². The molecule has 1 amide bonds. The Morgan fingerprint density at radius 1 is 1.08 bits per heavy atom. The highest BCUT2D eigenvalue weighted by atomic mass is 19.4. The maximum absolute atomic E-state index is 13.7. The highest BCUT2D eigenvalue weighted by Crippen LogP contribution is 2.33. The van der Waals surface area contributed by atoms with Crippen LogP contribution >= 0.6 is 0 Å². The van der Waals surface area contributed by atoms with Crippen LogP contribution in [0.15, 0.2) is 47.0 Å². The molecular formula is C25H26F5N3O3. The largest absolute Gasteiger partial charge is 0.453 e. The number of hydrogen-bond donors (Lipinski definition) is 3. The van der Waals surface area contributed by atoms with Gasteiger partial charge in [0.25, 0.3) is 11.7 Å². The van der Waals surface area contributed by atoms with Gasteiger partial charge in [-0.3, -0.25) is 4.79 Å². The number of carbonyl (C=O) groups is 1. The quantitative estimate of drug-likeness (QED) is 0.353. The van der Waals surface area contributed by atoms with Crippen molar-refractivity contribution < 1.29 is 36.4 Å². The number of nitrogens with one attached hydrogen (secondary N) is 2. The van der Waals surface area contributed by atoms with Gasteiger partial charge in [0.05, 0.1) is 17.8 Å². The average Bonchev–Trinajstić information content (AvgIpc) is 3.20. The molecule has 0 aliphatic heterocycles. The molecule has 11 heteroatoms. The molecule has 0 spiro atoms. The molecule has 2 atom stereocenters. The summed E-state index contributed by atoms with van der Waals surface area (Å²) in [6.07, 6.45) is -5.69. The fourth-order valence-electron chi connectivity index (χ4n) is 3.80. The number of amides is 1. The Bertz CT molecular complexity index is 1180. The fourth-order valence-corrected chi connectivity index (χ4v) is 3.80. The summed E-state index contributed by atoms with van der Waals surface area (Å²) in [4.78, 5) is 12.8. The predicted molar refractivity (Wildman–Crippen MR) is 121 cm³/mol. The van der Waals surface area contributed by atoms with E-state index in [1.807, 2.05) is 31.2 Å². The van der Waals surface area contributed by atoms with Crippen molar-refractivity contribution in [1.29, 1.82) is 0 Å². The fraction of sp³-hybridized carbons (Fsp3) is 0.360. The normalized spacial score (nSPS) is 13.4. The van der Waals surface area contributed by atoms with Crippen LogP contribution in [0.3, 0.4) is 0 Å². The van der Waals surface area contributed by atoms with E-state index in [2.05, 4.69) is 20.3 Å². The Morgan fingerprint density at radius 2 is 1.75 bits per heavy atom. The van der Waals surface area contributed by atoms with Crippen molar-refractivity contribution in [2.24, 2.45) is 0 Å². The molecule has 0 radical (unpaired) electrons. The van der Waals surface area contributed by atoms with E-state index in [9.17, 15) is 31.9 Å². The number of aliphatic hydroxyl groups excluding tert-OH is 1. The van der Waals surface area contributed by atoms with Gasteiger partial charge in [0, 0.05) is 19.2 Å². The van der Waals surface area contributed by atoms with Crippen LogP contribution in [0.2, 0.25) is 0 Å². The first kappa shape index (κ1) is 27.3. The first-order valence-corrected chi connectivity index (χ1v) is 11.2. The second kappa shape index (κ2) is 11.6. The lowest BCUT2D eigenvalue weighted by Gasteiger charge is -2.25. The van der Waals surface area contributed by atoms with E-state index in [-0.39, 0.29) is 24.2 Å². The number of aliphatic hydroxyl groups is 1. The van der Waals surface area contributed by atoms with E-state index in [0.29, 0.717) is 12.6 Å². The number of carbonyl (C=O) groups excluding carboxylic acids is 1. The van der Waals surface area contributed by atoms with E-state index >= 15 is 0 Å². The van der Waals surface area contributed by atoms with E-state index in [1.54, 1.807) is 0 Å². The van der Waals surface area contributed by atoms with Gasteiger partial charge in [-0.1, -0.05) is 36.3 Å². The first-order chi connectivity index (χ1) is 17.0. The summed E-state index contributed by atoms with van der Waals surface area (Å²) >= 11 is 0. The van der Waals surface area contributed by atoms with Gasteiger partial charge in [-0.15, -0.1) is 0 Å². The van der Waals surface area contributed by atoms with Crippen molar-refractivity contribution in [3.05, 3.63) is 87.8 Å². The lowest BCUT2D eigenvalue weighted by atomic mass is 9.99. The van der Waals surface area contributed by atoms with E-state index in [1.165, 1.54) is 6.92 Å². The highest BCUT2D eigenvalue weighted by molar-refractivity contribution is 5.96. The number of halogens is 5.